The summed E-state index contributed by atoms with van der Waals surface area (Å²) in [4.78, 5) is 20.8. The summed E-state index contributed by atoms with van der Waals surface area (Å²) < 4.78 is 6.87. The molecular formula is C22H21N3O2S. The Morgan fingerprint density at radius 2 is 1.93 bits per heavy atom. The van der Waals surface area contributed by atoms with Crippen molar-refractivity contribution in [3.05, 3.63) is 92.7 Å². The number of methoxy groups -OCH3 is 1. The third kappa shape index (κ3) is 3.77. The van der Waals surface area contributed by atoms with Crippen molar-refractivity contribution in [2.75, 3.05) is 12.0 Å². The zero-order valence-electron chi connectivity index (χ0n) is 15.8. The van der Waals surface area contributed by atoms with Crippen LogP contribution in [-0.4, -0.2) is 16.5 Å². The molecule has 0 atom stereocenters. The van der Waals surface area contributed by atoms with E-state index in [1.54, 1.807) is 35.1 Å². The second kappa shape index (κ2) is 7.86. The molecule has 0 unspecified atom stereocenters. The lowest BCUT2D eigenvalue weighted by molar-refractivity contribution is 0.415. The smallest absolute Gasteiger partial charge is 0.258 e. The molecule has 0 aliphatic carbocycles. The molecule has 4 aromatic rings. The summed E-state index contributed by atoms with van der Waals surface area (Å²) in [6.45, 7) is 3.27. The minimum atomic E-state index is -0.0606. The van der Waals surface area contributed by atoms with Crippen LogP contribution < -0.4 is 15.2 Å². The molecule has 1 aromatic carbocycles. The molecule has 0 radical (unpaired) electrons. The van der Waals surface area contributed by atoms with Crippen LogP contribution >= 0.6 is 11.3 Å². The Hall–Kier alpha value is -3.12. The molecule has 28 heavy (non-hydrogen) atoms. The monoisotopic (exact) mass is 391 g/mol. The largest absolute Gasteiger partial charge is 0.497 e. The molecule has 142 valence electrons. The van der Waals surface area contributed by atoms with Crippen molar-refractivity contribution in [1.82, 2.24) is 9.38 Å². The maximum atomic E-state index is 12.6. The summed E-state index contributed by atoms with van der Waals surface area (Å²) >= 11 is 1.72. The average molecular weight is 391 g/mol. The molecule has 3 heterocycles. The van der Waals surface area contributed by atoms with E-state index in [0.29, 0.717) is 12.2 Å². The van der Waals surface area contributed by atoms with E-state index in [9.17, 15) is 4.79 Å². The van der Waals surface area contributed by atoms with Crippen molar-refractivity contribution in [2.24, 2.45) is 0 Å². The topological polar surface area (TPSA) is 46.8 Å². The van der Waals surface area contributed by atoms with Crippen molar-refractivity contribution in [3.8, 4) is 5.75 Å². The van der Waals surface area contributed by atoms with Gasteiger partial charge in [0.2, 0.25) is 0 Å². The van der Waals surface area contributed by atoms with Crippen molar-refractivity contribution in [3.63, 3.8) is 0 Å². The minimum Gasteiger partial charge on any atom is -0.497 e. The Balaban J connectivity index is 1.71. The summed E-state index contributed by atoms with van der Waals surface area (Å²) in [7, 11) is 1.66. The molecule has 0 N–H and O–H groups in total. The highest BCUT2D eigenvalue weighted by molar-refractivity contribution is 7.09. The number of anilines is 1. The van der Waals surface area contributed by atoms with Crippen molar-refractivity contribution in [2.45, 2.75) is 20.0 Å². The molecule has 0 bridgehead atoms. The molecular weight excluding hydrogens is 370 g/mol. The highest BCUT2D eigenvalue weighted by atomic mass is 32.1. The van der Waals surface area contributed by atoms with E-state index in [4.69, 9.17) is 9.72 Å². The Bertz CT molecular complexity index is 1130. The Kier molecular flexibility index (Phi) is 5.12. The first-order chi connectivity index (χ1) is 13.6. The highest BCUT2D eigenvalue weighted by Gasteiger charge is 2.12. The third-order valence-corrected chi connectivity index (χ3v) is 5.52. The summed E-state index contributed by atoms with van der Waals surface area (Å²) in [5.41, 5.74) is 3.44. The van der Waals surface area contributed by atoms with Crippen molar-refractivity contribution < 1.29 is 4.74 Å². The van der Waals surface area contributed by atoms with Crippen LogP contribution in [0.15, 0.2) is 71.0 Å². The van der Waals surface area contributed by atoms with Crippen LogP contribution in [0.1, 0.15) is 16.1 Å². The molecule has 5 nitrogen and oxygen atoms in total. The van der Waals surface area contributed by atoms with Gasteiger partial charge in [0.15, 0.2) is 0 Å². The van der Waals surface area contributed by atoms with Crippen LogP contribution in [0, 0.1) is 6.92 Å². The first-order valence-electron chi connectivity index (χ1n) is 9.03. The van der Waals surface area contributed by atoms with Crippen molar-refractivity contribution >= 4 is 22.7 Å². The zero-order valence-corrected chi connectivity index (χ0v) is 16.6. The van der Waals surface area contributed by atoms with Gasteiger partial charge in [-0.25, -0.2) is 4.98 Å². The Labute approximate surface area is 167 Å². The lowest BCUT2D eigenvalue weighted by atomic mass is 10.2. The van der Waals surface area contributed by atoms with E-state index < -0.39 is 0 Å². The van der Waals surface area contributed by atoms with Gasteiger partial charge < -0.3 is 9.64 Å². The molecule has 6 heteroatoms. The number of hydrogen-bond acceptors (Lipinski definition) is 5. The fourth-order valence-electron chi connectivity index (χ4n) is 3.21. The number of benzene rings is 1. The van der Waals surface area contributed by atoms with Gasteiger partial charge in [-0.3, -0.25) is 9.20 Å². The van der Waals surface area contributed by atoms with Crippen LogP contribution in [0.25, 0.3) is 5.65 Å². The number of nitrogens with zero attached hydrogens (tertiary/aromatic N) is 3. The van der Waals surface area contributed by atoms with E-state index in [1.807, 2.05) is 43.3 Å². The van der Waals surface area contributed by atoms with Gasteiger partial charge in [-0.1, -0.05) is 12.1 Å². The van der Waals surface area contributed by atoms with E-state index in [1.165, 1.54) is 4.88 Å². The quantitative estimate of drug-likeness (QED) is 0.492. The number of ether oxygens (including phenoxy) is 1. The number of rotatable bonds is 6. The minimum absolute atomic E-state index is 0.0606. The van der Waals surface area contributed by atoms with Crippen LogP contribution in [0.3, 0.4) is 0 Å². The standard InChI is InChI=1S/C22H21N3O2S/c1-16-5-3-11-25-21(26)13-17(23-22(16)25)14-24(15-20-6-4-12-28-20)18-7-9-19(27-2)10-8-18/h3-13H,14-15H2,1-2H3. The van der Waals surface area contributed by atoms with Gasteiger partial charge in [0.25, 0.3) is 5.56 Å². The van der Waals surface area contributed by atoms with Gasteiger partial charge in [-0.05, 0) is 54.3 Å². The lowest BCUT2D eigenvalue weighted by Crippen LogP contribution is -2.24. The fraction of sp³-hybridized carbons (Fsp3) is 0.182. The van der Waals surface area contributed by atoms with Gasteiger partial charge in [0, 0.05) is 22.8 Å². The predicted molar refractivity (Wildman–Crippen MR) is 113 cm³/mol. The zero-order chi connectivity index (χ0) is 19.5. The fourth-order valence-corrected chi connectivity index (χ4v) is 3.93. The van der Waals surface area contributed by atoms with Crippen LogP contribution in [0.4, 0.5) is 5.69 Å². The van der Waals surface area contributed by atoms with Crippen LogP contribution in [0.2, 0.25) is 0 Å². The number of thiophene rings is 1. The molecule has 0 amide bonds. The SMILES string of the molecule is COc1ccc(N(Cc2cc(=O)n3cccc(C)c3n2)Cc2cccs2)cc1. The summed E-state index contributed by atoms with van der Waals surface area (Å²) in [6, 6.07) is 17.6. The molecule has 0 spiro atoms. The maximum absolute atomic E-state index is 12.6. The normalized spacial score (nSPS) is 10.9. The Morgan fingerprint density at radius 3 is 2.64 bits per heavy atom. The summed E-state index contributed by atoms with van der Waals surface area (Å²) in [6.07, 6.45) is 1.76. The van der Waals surface area contributed by atoms with Crippen LogP contribution in [-0.2, 0) is 13.1 Å². The second-order valence-electron chi connectivity index (χ2n) is 6.60. The maximum Gasteiger partial charge on any atom is 0.258 e. The molecule has 0 aliphatic rings. The Morgan fingerprint density at radius 1 is 1.11 bits per heavy atom. The average Bonchev–Trinajstić information content (AvgIpc) is 3.22. The van der Waals surface area contributed by atoms with Gasteiger partial charge in [-0.15, -0.1) is 11.3 Å². The first kappa shape index (κ1) is 18.3. The number of aryl methyl sites for hydroxylation is 1. The molecule has 0 fully saturated rings. The van der Waals surface area contributed by atoms with E-state index in [-0.39, 0.29) is 5.56 Å². The highest BCUT2D eigenvalue weighted by Crippen LogP contribution is 2.24. The molecule has 0 aliphatic heterocycles. The van der Waals surface area contributed by atoms with E-state index in [0.717, 1.165) is 29.2 Å². The number of pyridine rings is 1. The van der Waals surface area contributed by atoms with Crippen molar-refractivity contribution in [1.29, 1.82) is 0 Å². The first-order valence-corrected chi connectivity index (χ1v) is 9.91. The molecule has 0 saturated carbocycles. The van der Waals surface area contributed by atoms with Crippen LogP contribution in [0.5, 0.6) is 5.75 Å². The lowest BCUT2D eigenvalue weighted by Gasteiger charge is -2.24. The summed E-state index contributed by atoms with van der Waals surface area (Å²) in [5, 5.41) is 2.07. The number of hydrogen-bond donors (Lipinski definition) is 0. The summed E-state index contributed by atoms with van der Waals surface area (Å²) in [5.74, 6) is 0.817. The number of aromatic nitrogens is 2. The van der Waals surface area contributed by atoms with Gasteiger partial charge in [-0.2, -0.15) is 0 Å². The predicted octanol–water partition coefficient (Wildman–Crippen LogP) is 4.28. The van der Waals surface area contributed by atoms with Gasteiger partial charge in [0.1, 0.15) is 11.4 Å². The third-order valence-electron chi connectivity index (χ3n) is 4.66. The van der Waals surface area contributed by atoms with Gasteiger partial charge in [0.05, 0.1) is 25.9 Å². The molecule has 3 aromatic heterocycles. The van der Waals surface area contributed by atoms with E-state index >= 15 is 0 Å². The second-order valence-corrected chi connectivity index (χ2v) is 7.64. The number of fused-ring (bicyclic) bond motifs is 1. The molecule has 0 saturated heterocycles. The van der Waals surface area contributed by atoms with E-state index in [2.05, 4.69) is 22.4 Å². The van der Waals surface area contributed by atoms with Gasteiger partial charge >= 0.3 is 0 Å². The molecule has 4 rings (SSSR count).